The fourth-order valence-corrected chi connectivity index (χ4v) is 1.65. The number of rotatable bonds is 3. The maximum atomic E-state index is 11.2. The number of aromatic nitrogens is 1. The Labute approximate surface area is 81.9 Å². The number of H-pyrrole nitrogens is 1. The van der Waals surface area contributed by atoms with Crippen molar-refractivity contribution in [3.05, 3.63) is 22.5 Å². The second-order valence-electron chi connectivity index (χ2n) is 3.22. The number of aliphatic carboxylic acids is 1. The van der Waals surface area contributed by atoms with E-state index in [9.17, 15) is 9.59 Å². The zero-order valence-corrected chi connectivity index (χ0v) is 8.47. The van der Waals surface area contributed by atoms with Crippen LogP contribution in [-0.4, -0.2) is 21.8 Å². The van der Waals surface area contributed by atoms with Gasteiger partial charge >= 0.3 is 5.97 Å². The van der Waals surface area contributed by atoms with Crippen molar-refractivity contribution in [1.82, 2.24) is 4.98 Å². The summed E-state index contributed by atoms with van der Waals surface area (Å²) in [7, 11) is 0. The van der Waals surface area contributed by atoms with E-state index in [0.29, 0.717) is 0 Å². The fourth-order valence-electron chi connectivity index (χ4n) is 1.65. The Balaban J connectivity index is 3.24. The molecule has 4 nitrogen and oxygen atoms in total. The van der Waals surface area contributed by atoms with E-state index >= 15 is 0 Å². The molecular weight excluding hydrogens is 182 g/mol. The predicted octanol–water partition coefficient (Wildman–Crippen LogP) is 1.46. The Morgan fingerprint density at radius 3 is 2.29 bits per heavy atom. The number of nitrogens with one attached hydrogen (secondary N) is 1. The van der Waals surface area contributed by atoms with Crippen molar-refractivity contribution in [2.24, 2.45) is 0 Å². The van der Waals surface area contributed by atoms with Gasteiger partial charge in [0.25, 0.3) is 5.78 Å². The predicted molar refractivity (Wildman–Crippen MR) is 51.6 cm³/mol. The Morgan fingerprint density at radius 2 is 1.93 bits per heavy atom. The van der Waals surface area contributed by atoms with Crippen molar-refractivity contribution in [3.8, 4) is 0 Å². The largest absolute Gasteiger partial charge is 0.475 e. The van der Waals surface area contributed by atoms with Gasteiger partial charge in [0.05, 0.1) is 5.69 Å². The summed E-state index contributed by atoms with van der Waals surface area (Å²) in [4.78, 5) is 24.5. The highest BCUT2D eigenvalue weighted by atomic mass is 16.4. The van der Waals surface area contributed by atoms with Crippen LogP contribution in [-0.2, 0) is 11.2 Å². The van der Waals surface area contributed by atoms with Gasteiger partial charge in [-0.2, -0.15) is 0 Å². The molecule has 76 valence electrons. The average molecular weight is 195 g/mol. The van der Waals surface area contributed by atoms with Crippen molar-refractivity contribution in [2.75, 3.05) is 0 Å². The third kappa shape index (κ3) is 1.55. The highest BCUT2D eigenvalue weighted by Crippen LogP contribution is 2.18. The fraction of sp³-hybridized carbons (Fsp3) is 0.400. The van der Waals surface area contributed by atoms with E-state index in [1.807, 2.05) is 13.8 Å². The van der Waals surface area contributed by atoms with Crippen molar-refractivity contribution >= 4 is 11.8 Å². The molecule has 0 unspecified atom stereocenters. The molecule has 0 aliphatic rings. The van der Waals surface area contributed by atoms with E-state index in [0.717, 1.165) is 23.2 Å². The van der Waals surface area contributed by atoms with Gasteiger partial charge in [-0.1, -0.05) is 6.92 Å². The van der Waals surface area contributed by atoms with Gasteiger partial charge in [-0.3, -0.25) is 4.79 Å². The highest BCUT2D eigenvalue weighted by Gasteiger charge is 2.21. The molecule has 0 spiro atoms. The van der Waals surface area contributed by atoms with E-state index in [2.05, 4.69) is 4.98 Å². The van der Waals surface area contributed by atoms with Gasteiger partial charge in [0.2, 0.25) is 0 Å². The molecule has 0 bridgehead atoms. The normalized spacial score (nSPS) is 10.2. The maximum Gasteiger partial charge on any atom is 0.378 e. The van der Waals surface area contributed by atoms with Crippen LogP contribution < -0.4 is 0 Å². The average Bonchev–Trinajstić information content (AvgIpc) is 2.40. The number of aromatic amines is 1. The Hall–Kier alpha value is -1.58. The third-order valence-electron chi connectivity index (χ3n) is 2.37. The number of carboxylic acids is 1. The second kappa shape index (κ2) is 3.65. The third-order valence-corrected chi connectivity index (χ3v) is 2.37. The Bertz CT molecular complexity index is 390. The van der Waals surface area contributed by atoms with E-state index in [4.69, 9.17) is 5.11 Å². The Kier molecular flexibility index (Phi) is 2.74. The molecule has 1 aromatic rings. The lowest BCUT2D eigenvalue weighted by Crippen LogP contribution is -2.14. The molecule has 1 aromatic heterocycles. The molecule has 1 heterocycles. The summed E-state index contributed by atoms with van der Waals surface area (Å²) in [6.45, 7) is 5.57. The number of ketones is 1. The molecular formula is C10H13NO3. The number of carbonyl (C=O) groups excluding carboxylic acids is 1. The lowest BCUT2D eigenvalue weighted by molar-refractivity contribution is -0.131. The molecule has 0 amide bonds. The molecule has 14 heavy (non-hydrogen) atoms. The van der Waals surface area contributed by atoms with Gasteiger partial charge in [-0.05, 0) is 31.4 Å². The zero-order valence-electron chi connectivity index (χ0n) is 8.47. The molecule has 1 rings (SSSR count). The van der Waals surface area contributed by atoms with Crippen LogP contribution in [0.2, 0.25) is 0 Å². The summed E-state index contributed by atoms with van der Waals surface area (Å²) in [6, 6.07) is 0. The summed E-state index contributed by atoms with van der Waals surface area (Å²) < 4.78 is 0. The molecule has 4 heteroatoms. The maximum absolute atomic E-state index is 11.2. The number of Topliss-reactive ketones (excluding diaryl/α,β-unsaturated/α-hetero) is 1. The first-order valence-electron chi connectivity index (χ1n) is 4.44. The summed E-state index contributed by atoms with van der Waals surface area (Å²) in [5.41, 5.74) is 2.84. The van der Waals surface area contributed by atoms with E-state index in [1.165, 1.54) is 0 Å². The van der Waals surface area contributed by atoms with Gasteiger partial charge in [-0.15, -0.1) is 0 Å². The molecule has 0 saturated heterocycles. The van der Waals surface area contributed by atoms with Crippen LogP contribution in [0.1, 0.15) is 34.2 Å². The molecule has 2 N–H and O–H groups in total. The molecule has 0 radical (unpaired) electrons. The quantitative estimate of drug-likeness (QED) is 0.566. The summed E-state index contributed by atoms with van der Waals surface area (Å²) in [5, 5.41) is 8.56. The number of carboxylic acid groups (broad SMARTS) is 1. The van der Waals surface area contributed by atoms with Crippen molar-refractivity contribution in [1.29, 1.82) is 0 Å². The van der Waals surface area contributed by atoms with Crippen LogP contribution in [0.3, 0.4) is 0 Å². The lowest BCUT2D eigenvalue weighted by atomic mass is 10.1. The van der Waals surface area contributed by atoms with E-state index < -0.39 is 11.8 Å². The van der Waals surface area contributed by atoms with Crippen LogP contribution >= 0.6 is 0 Å². The molecule has 0 aliphatic carbocycles. The second-order valence-corrected chi connectivity index (χ2v) is 3.22. The van der Waals surface area contributed by atoms with Crippen molar-refractivity contribution in [3.63, 3.8) is 0 Å². The van der Waals surface area contributed by atoms with Crippen LogP contribution in [0.15, 0.2) is 0 Å². The monoisotopic (exact) mass is 195 g/mol. The number of hydrogen-bond acceptors (Lipinski definition) is 2. The van der Waals surface area contributed by atoms with Gasteiger partial charge in [0.1, 0.15) is 0 Å². The summed E-state index contributed by atoms with van der Waals surface area (Å²) >= 11 is 0. The van der Waals surface area contributed by atoms with E-state index in [1.54, 1.807) is 6.92 Å². The Morgan fingerprint density at radius 1 is 1.36 bits per heavy atom. The molecule has 0 aromatic carbocycles. The topological polar surface area (TPSA) is 70.2 Å². The summed E-state index contributed by atoms with van der Waals surface area (Å²) in [6.07, 6.45) is 0.793. The minimum atomic E-state index is -1.42. The van der Waals surface area contributed by atoms with Crippen LogP contribution in [0.4, 0.5) is 0 Å². The SMILES string of the molecule is CCc1c(C)[nH]c(C(=O)C(=O)O)c1C. The van der Waals surface area contributed by atoms with Crippen LogP contribution in [0, 0.1) is 13.8 Å². The minimum absolute atomic E-state index is 0.201. The number of carbonyl (C=O) groups is 2. The van der Waals surface area contributed by atoms with E-state index in [-0.39, 0.29) is 5.69 Å². The minimum Gasteiger partial charge on any atom is -0.475 e. The van der Waals surface area contributed by atoms with Gasteiger partial charge < -0.3 is 10.1 Å². The number of hydrogen-bond donors (Lipinski definition) is 2. The highest BCUT2D eigenvalue weighted by molar-refractivity contribution is 6.39. The lowest BCUT2D eigenvalue weighted by Gasteiger charge is -1.96. The van der Waals surface area contributed by atoms with Gasteiger partial charge in [0.15, 0.2) is 0 Å². The van der Waals surface area contributed by atoms with Gasteiger partial charge in [0, 0.05) is 5.69 Å². The van der Waals surface area contributed by atoms with Crippen LogP contribution in [0.25, 0.3) is 0 Å². The van der Waals surface area contributed by atoms with Crippen molar-refractivity contribution in [2.45, 2.75) is 27.2 Å². The first-order valence-corrected chi connectivity index (χ1v) is 4.44. The standard InChI is InChI=1S/C10H13NO3/c1-4-7-5(2)8(11-6(7)3)9(12)10(13)14/h11H,4H2,1-3H3,(H,13,14). The zero-order chi connectivity index (χ0) is 10.9. The molecule has 0 saturated carbocycles. The van der Waals surface area contributed by atoms with Crippen LogP contribution in [0.5, 0.6) is 0 Å². The molecule has 0 atom stereocenters. The smallest absolute Gasteiger partial charge is 0.378 e. The number of aryl methyl sites for hydroxylation is 1. The van der Waals surface area contributed by atoms with Crippen molar-refractivity contribution < 1.29 is 14.7 Å². The summed E-state index contributed by atoms with van der Waals surface area (Å²) in [5.74, 6) is -2.29. The first-order chi connectivity index (χ1) is 6.49. The van der Waals surface area contributed by atoms with Gasteiger partial charge in [-0.25, -0.2) is 4.79 Å². The first kappa shape index (κ1) is 10.5. The molecule has 0 aliphatic heterocycles. The molecule has 0 fully saturated rings.